The first-order chi connectivity index (χ1) is 10.3. The Balaban J connectivity index is 1.42. The smallest absolute Gasteiger partial charge is 0.191 e. The van der Waals surface area contributed by atoms with Crippen LogP contribution >= 0.6 is 11.8 Å². The lowest BCUT2D eigenvalue weighted by Crippen LogP contribution is -2.38. The molecule has 1 aromatic heterocycles. The molecule has 118 valence electrons. The number of thioether (sulfide) groups is 1. The van der Waals surface area contributed by atoms with E-state index in [1.54, 1.807) is 0 Å². The summed E-state index contributed by atoms with van der Waals surface area (Å²) in [6.07, 6.45) is 7.71. The van der Waals surface area contributed by atoms with E-state index in [0.717, 1.165) is 37.0 Å². The van der Waals surface area contributed by atoms with Crippen LogP contribution < -0.4 is 5.32 Å². The summed E-state index contributed by atoms with van der Waals surface area (Å²) in [6.45, 7) is 5.24. The molecule has 0 radical (unpaired) electrons. The largest absolute Gasteiger partial charge is 0.377 e. The van der Waals surface area contributed by atoms with Gasteiger partial charge in [-0.25, -0.2) is 0 Å². The number of aromatic nitrogens is 3. The maximum absolute atomic E-state index is 5.71. The fraction of sp³-hybridized carbons (Fsp3) is 0.867. The van der Waals surface area contributed by atoms with Crippen LogP contribution in [0.25, 0.3) is 0 Å². The standard InChI is InChI=1S/C15H26N4OS/c1-12(13-6-5-10-20-13)16-8-11-21-15-18-17-14-7-3-2-4-9-19(14)15/h12-13,16H,2-11H2,1H3. The van der Waals surface area contributed by atoms with E-state index in [1.165, 1.54) is 37.9 Å². The molecule has 3 rings (SSSR count). The van der Waals surface area contributed by atoms with Crippen LogP contribution in [0, 0.1) is 0 Å². The Morgan fingerprint density at radius 1 is 1.33 bits per heavy atom. The number of ether oxygens (including phenoxy) is 1. The van der Waals surface area contributed by atoms with Crippen molar-refractivity contribution in [3.8, 4) is 0 Å². The maximum Gasteiger partial charge on any atom is 0.191 e. The zero-order chi connectivity index (χ0) is 14.5. The number of rotatable bonds is 6. The zero-order valence-electron chi connectivity index (χ0n) is 12.9. The average molecular weight is 310 g/mol. The minimum absolute atomic E-state index is 0.402. The highest BCUT2D eigenvalue weighted by Crippen LogP contribution is 2.21. The average Bonchev–Trinajstić information content (AvgIpc) is 3.09. The second-order valence-electron chi connectivity index (χ2n) is 6.00. The van der Waals surface area contributed by atoms with Crippen molar-refractivity contribution in [3.05, 3.63) is 5.82 Å². The highest BCUT2D eigenvalue weighted by molar-refractivity contribution is 7.99. The molecule has 3 heterocycles. The lowest BCUT2D eigenvalue weighted by Gasteiger charge is -2.19. The molecule has 1 saturated heterocycles. The Morgan fingerprint density at radius 3 is 3.14 bits per heavy atom. The van der Waals surface area contributed by atoms with Crippen molar-refractivity contribution < 1.29 is 4.74 Å². The van der Waals surface area contributed by atoms with E-state index < -0.39 is 0 Å². The van der Waals surface area contributed by atoms with Crippen LogP contribution in [0.2, 0.25) is 0 Å². The van der Waals surface area contributed by atoms with Crippen molar-refractivity contribution in [2.24, 2.45) is 0 Å². The van der Waals surface area contributed by atoms with E-state index in [1.807, 2.05) is 11.8 Å². The number of hydrogen-bond acceptors (Lipinski definition) is 5. The Kier molecular flexibility index (Phi) is 5.55. The summed E-state index contributed by atoms with van der Waals surface area (Å²) in [4.78, 5) is 0. The first-order valence-corrected chi connectivity index (χ1v) is 9.23. The quantitative estimate of drug-likeness (QED) is 0.645. The fourth-order valence-electron chi connectivity index (χ4n) is 3.12. The first-order valence-electron chi connectivity index (χ1n) is 8.24. The Bertz CT molecular complexity index is 445. The van der Waals surface area contributed by atoms with Gasteiger partial charge in [0.25, 0.3) is 0 Å². The number of aryl methyl sites for hydroxylation is 1. The van der Waals surface area contributed by atoms with Gasteiger partial charge < -0.3 is 14.6 Å². The summed E-state index contributed by atoms with van der Waals surface area (Å²) in [5, 5.41) is 13.4. The van der Waals surface area contributed by atoms with Gasteiger partial charge in [-0.05, 0) is 32.6 Å². The Morgan fingerprint density at radius 2 is 2.29 bits per heavy atom. The molecule has 1 N–H and O–H groups in total. The second kappa shape index (κ2) is 7.61. The lowest BCUT2D eigenvalue weighted by molar-refractivity contribution is 0.0844. The van der Waals surface area contributed by atoms with Gasteiger partial charge in [0.1, 0.15) is 5.82 Å². The van der Waals surface area contributed by atoms with Gasteiger partial charge in [-0.1, -0.05) is 18.2 Å². The van der Waals surface area contributed by atoms with Crippen LogP contribution in [-0.2, 0) is 17.7 Å². The van der Waals surface area contributed by atoms with Crippen molar-refractivity contribution in [2.75, 3.05) is 18.9 Å². The third-order valence-electron chi connectivity index (χ3n) is 4.40. The maximum atomic E-state index is 5.71. The minimum Gasteiger partial charge on any atom is -0.377 e. The molecule has 6 heteroatoms. The molecule has 0 saturated carbocycles. The summed E-state index contributed by atoms with van der Waals surface area (Å²) in [6, 6.07) is 0.448. The minimum atomic E-state index is 0.402. The normalized spacial score (nSPS) is 23.8. The van der Waals surface area contributed by atoms with Crippen molar-refractivity contribution in [3.63, 3.8) is 0 Å². The van der Waals surface area contributed by atoms with Crippen molar-refractivity contribution in [2.45, 2.75) is 69.3 Å². The molecular formula is C15H26N4OS. The lowest BCUT2D eigenvalue weighted by atomic mass is 10.1. The van der Waals surface area contributed by atoms with Gasteiger partial charge in [0.15, 0.2) is 5.16 Å². The third-order valence-corrected chi connectivity index (χ3v) is 5.37. The number of fused-ring (bicyclic) bond motifs is 1. The van der Waals surface area contributed by atoms with Crippen LogP contribution in [0.4, 0.5) is 0 Å². The Hall–Kier alpha value is -0.590. The SMILES string of the molecule is CC(NCCSc1nnc2n1CCCCC2)C1CCCO1. The molecule has 2 aliphatic heterocycles. The fourth-order valence-corrected chi connectivity index (χ4v) is 3.98. The van der Waals surface area contributed by atoms with Gasteiger partial charge in [0, 0.05) is 37.9 Å². The van der Waals surface area contributed by atoms with E-state index in [2.05, 4.69) is 27.0 Å². The first kappa shape index (κ1) is 15.3. The van der Waals surface area contributed by atoms with Crippen LogP contribution in [0.15, 0.2) is 5.16 Å². The molecule has 2 atom stereocenters. The molecule has 0 bridgehead atoms. The predicted octanol–water partition coefficient (Wildman–Crippen LogP) is 2.25. The zero-order valence-corrected chi connectivity index (χ0v) is 13.7. The van der Waals surface area contributed by atoms with Crippen molar-refractivity contribution in [1.29, 1.82) is 0 Å². The van der Waals surface area contributed by atoms with Crippen LogP contribution in [0.3, 0.4) is 0 Å². The molecule has 21 heavy (non-hydrogen) atoms. The monoisotopic (exact) mass is 310 g/mol. The molecule has 2 aliphatic rings. The number of nitrogens with zero attached hydrogens (tertiary/aromatic N) is 3. The molecule has 0 spiro atoms. The van der Waals surface area contributed by atoms with Crippen LogP contribution in [0.1, 0.15) is 44.9 Å². The van der Waals surface area contributed by atoms with Crippen molar-refractivity contribution in [1.82, 2.24) is 20.1 Å². The number of nitrogens with one attached hydrogen (secondary N) is 1. The highest BCUT2D eigenvalue weighted by Gasteiger charge is 2.21. The molecular weight excluding hydrogens is 284 g/mol. The highest BCUT2D eigenvalue weighted by atomic mass is 32.2. The van der Waals surface area contributed by atoms with Gasteiger partial charge in [0.05, 0.1) is 6.10 Å². The van der Waals surface area contributed by atoms with E-state index in [9.17, 15) is 0 Å². The summed E-state index contributed by atoms with van der Waals surface area (Å²) in [5.41, 5.74) is 0. The molecule has 5 nitrogen and oxygen atoms in total. The molecule has 0 aliphatic carbocycles. The summed E-state index contributed by atoms with van der Waals surface area (Å²) < 4.78 is 8.03. The van der Waals surface area contributed by atoms with Crippen molar-refractivity contribution >= 4 is 11.8 Å². The summed E-state index contributed by atoms with van der Waals surface area (Å²) >= 11 is 1.82. The molecule has 0 amide bonds. The van der Waals surface area contributed by atoms with E-state index >= 15 is 0 Å². The second-order valence-corrected chi connectivity index (χ2v) is 7.07. The Labute approximate surface area is 131 Å². The van der Waals surface area contributed by atoms with Crippen LogP contribution in [-0.4, -0.2) is 45.8 Å². The van der Waals surface area contributed by atoms with Gasteiger partial charge in [-0.2, -0.15) is 0 Å². The predicted molar refractivity (Wildman–Crippen MR) is 84.7 cm³/mol. The third kappa shape index (κ3) is 3.99. The molecule has 1 fully saturated rings. The molecule has 2 unspecified atom stereocenters. The van der Waals surface area contributed by atoms with E-state index in [0.29, 0.717) is 12.1 Å². The van der Waals surface area contributed by atoms with E-state index in [4.69, 9.17) is 4.74 Å². The molecule has 0 aromatic carbocycles. The van der Waals surface area contributed by atoms with Gasteiger partial charge in [-0.3, -0.25) is 0 Å². The van der Waals surface area contributed by atoms with Gasteiger partial charge >= 0.3 is 0 Å². The van der Waals surface area contributed by atoms with E-state index in [-0.39, 0.29) is 0 Å². The number of hydrogen-bond donors (Lipinski definition) is 1. The summed E-state index contributed by atoms with van der Waals surface area (Å²) in [5.74, 6) is 2.21. The topological polar surface area (TPSA) is 52.0 Å². The van der Waals surface area contributed by atoms with Crippen LogP contribution in [0.5, 0.6) is 0 Å². The summed E-state index contributed by atoms with van der Waals surface area (Å²) in [7, 11) is 0. The molecule has 1 aromatic rings. The van der Waals surface area contributed by atoms with Gasteiger partial charge in [0.2, 0.25) is 0 Å². The van der Waals surface area contributed by atoms with Gasteiger partial charge in [-0.15, -0.1) is 10.2 Å².